The average Bonchev–Trinajstić information content (AvgIpc) is 3.09. The molecule has 2 N–H and O–H groups in total. The van der Waals surface area contributed by atoms with Gasteiger partial charge < -0.3 is 10.4 Å². The maximum atomic E-state index is 14.6. The predicted molar refractivity (Wildman–Crippen MR) is 96.0 cm³/mol. The van der Waals surface area contributed by atoms with Crippen LogP contribution in [0.15, 0.2) is 54.6 Å². The minimum atomic E-state index is -2.90. The van der Waals surface area contributed by atoms with Crippen LogP contribution < -0.4 is 5.32 Å². The lowest BCUT2D eigenvalue weighted by Gasteiger charge is -2.19. The van der Waals surface area contributed by atoms with Crippen LogP contribution in [0.2, 0.25) is 0 Å². The summed E-state index contributed by atoms with van der Waals surface area (Å²) in [7, 11) is 0. The maximum Gasteiger partial charge on any atom is 0.345 e. The first-order chi connectivity index (χ1) is 12.9. The third kappa shape index (κ3) is 4.11. The quantitative estimate of drug-likeness (QED) is 0.636. The van der Waals surface area contributed by atoms with Crippen LogP contribution in [0.5, 0.6) is 0 Å². The number of amides is 1. The molecule has 0 saturated carbocycles. The molecule has 4 nitrogen and oxygen atoms in total. The Hall–Kier alpha value is -2.87. The van der Waals surface area contributed by atoms with Crippen molar-refractivity contribution in [1.82, 2.24) is 5.32 Å². The number of thiophene rings is 1. The Kier molecular flexibility index (Phi) is 5.46. The van der Waals surface area contributed by atoms with Crippen molar-refractivity contribution < 1.29 is 27.9 Å². The standard InChI is InChI=1S/C19H14F3NO3S/c20-15(12-7-6-11-8-14(19(25)26)27-13(11)9-12)18(24)23-16(17(21)22)10-4-2-1-3-5-10/h1-9,15-17H,(H,23,24)(H,25,26). The Morgan fingerprint density at radius 3 is 2.30 bits per heavy atom. The number of carboxylic acids is 1. The van der Waals surface area contributed by atoms with E-state index in [-0.39, 0.29) is 16.0 Å². The van der Waals surface area contributed by atoms with E-state index in [4.69, 9.17) is 5.11 Å². The summed E-state index contributed by atoms with van der Waals surface area (Å²) in [6.07, 6.45) is -5.06. The highest BCUT2D eigenvalue weighted by atomic mass is 32.1. The van der Waals surface area contributed by atoms with Gasteiger partial charge >= 0.3 is 5.97 Å². The number of carbonyl (C=O) groups excluding carboxylic acids is 1. The highest BCUT2D eigenvalue weighted by Crippen LogP contribution is 2.30. The van der Waals surface area contributed by atoms with Gasteiger partial charge in [-0.3, -0.25) is 4.79 Å². The van der Waals surface area contributed by atoms with Gasteiger partial charge in [0.2, 0.25) is 6.17 Å². The van der Waals surface area contributed by atoms with Gasteiger partial charge in [-0.15, -0.1) is 11.3 Å². The number of fused-ring (bicyclic) bond motifs is 1. The van der Waals surface area contributed by atoms with Crippen LogP contribution in [-0.4, -0.2) is 23.4 Å². The number of halogens is 3. The summed E-state index contributed by atoms with van der Waals surface area (Å²) >= 11 is 0.946. The fraction of sp³-hybridized carbons (Fsp3) is 0.158. The molecule has 27 heavy (non-hydrogen) atoms. The Bertz CT molecular complexity index is 975. The van der Waals surface area contributed by atoms with E-state index in [0.29, 0.717) is 10.1 Å². The van der Waals surface area contributed by atoms with Crippen molar-refractivity contribution in [3.05, 3.63) is 70.6 Å². The molecule has 3 aromatic rings. The maximum absolute atomic E-state index is 14.6. The van der Waals surface area contributed by atoms with Crippen molar-refractivity contribution in [2.24, 2.45) is 0 Å². The van der Waals surface area contributed by atoms with Gasteiger partial charge in [0.25, 0.3) is 12.3 Å². The number of hydrogen-bond acceptors (Lipinski definition) is 3. The second-order valence-electron chi connectivity index (χ2n) is 5.81. The van der Waals surface area contributed by atoms with Crippen LogP contribution in [-0.2, 0) is 4.79 Å². The second kappa shape index (κ2) is 7.79. The first kappa shape index (κ1) is 18.9. The van der Waals surface area contributed by atoms with Crippen LogP contribution in [0, 0.1) is 0 Å². The molecular formula is C19H14F3NO3S. The van der Waals surface area contributed by atoms with E-state index in [0.717, 1.165) is 11.3 Å². The van der Waals surface area contributed by atoms with E-state index < -0.39 is 30.5 Å². The van der Waals surface area contributed by atoms with Crippen LogP contribution >= 0.6 is 11.3 Å². The molecule has 1 heterocycles. The molecule has 0 spiro atoms. The lowest BCUT2D eigenvalue weighted by Crippen LogP contribution is -2.35. The molecule has 1 amide bonds. The highest BCUT2D eigenvalue weighted by Gasteiger charge is 2.29. The van der Waals surface area contributed by atoms with Crippen LogP contribution in [0.1, 0.15) is 33.0 Å². The van der Waals surface area contributed by atoms with Crippen LogP contribution in [0.3, 0.4) is 0 Å². The molecule has 0 aliphatic rings. The van der Waals surface area contributed by atoms with Crippen molar-refractivity contribution in [1.29, 1.82) is 0 Å². The number of rotatable bonds is 6. The summed E-state index contributed by atoms with van der Waals surface area (Å²) in [5.41, 5.74) is 0.146. The van der Waals surface area contributed by atoms with Gasteiger partial charge in [0.15, 0.2) is 0 Å². The van der Waals surface area contributed by atoms with Gasteiger partial charge in [-0.1, -0.05) is 42.5 Å². The van der Waals surface area contributed by atoms with Gasteiger partial charge in [0.05, 0.1) is 0 Å². The summed E-state index contributed by atoms with van der Waals surface area (Å²) in [6, 6.07) is 11.6. The normalized spacial score (nSPS) is 13.5. The fourth-order valence-electron chi connectivity index (χ4n) is 2.64. The smallest absolute Gasteiger partial charge is 0.345 e. The van der Waals surface area contributed by atoms with Gasteiger partial charge in [-0.25, -0.2) is 18.0 Å². The third-order valence-electron chi connectivity index (χ3n) is 3.99. The summed E-state index contributed by atoms with van der Waals surface area (Å²) in [4.78, 5) is 23.3. The van der Waals surface area contributed by atoms with E-state index in [1.165, 1.54) is 36.4 Å². The molecule has 0 bridgehead atoms. The minimum absolute atomic E-state index is 0.0279. The SMILES string of the molecule is O=C(O)c1cc2ccc(C(F)C(=O)NC(c3ccccc3)C(F)F)cc2s1. The fourth-order valence-corrected chi connectivity index (χ4v) is 3.59. The van der Waals surface area contributed by atoms with Crippen molar-refractivity contribution >= 4 is 33.3 Å². The molecule has 3 rings (SSSR count). The molecule has 2 atom stereocenters. The molecule has 0 fully saturated rings. The molecular weight excluding hydrogens is 379 g/mol. The highest BCUT2D eigenvalue weighted by molar-refractivity contribution is 7.20. The number of aromatic carboxylic acids is 1. The molecule has 2 unspecified atom stereocenters. The van der Waals surface area contributed by atoms with Crippen molar-refractivity contribution in [3.63, 3.8) is 0 Å². The van der Waals surface area contributed by atoms with E-state index in [9.17, 15) is 22.8 Å². The van der Waals surface area contributed by atoms with Crippen molar-refractivity contribution in [2.75, 3.05) is 0 Å². The molecule has 0 aliphatic heterocycles. The van der Waals surface area contributed by atoms with Crippen molar-refractivity contribution in [3.8, 4) is 0 Å². The summed E-state index contributed by atoms with van der Waals surface area (Å²) in [5.74, 6) is -2.28. The topological polar surface area (TPSA) is 66.4 Å². The Morgan fingerprint density at radius 2 is 1.67 bits per heavy atom. The number of carbonyl (C=O) groups is 2. The van der Waals surface area contributed by atoms with Crippen molar-refractivity contribution in [2.45, 2.75) is 18.6 Å². The lowest BCUT2D eigenvalue weighted by atomic mass is 10.1. The zero-order valence-electron chi connectivity index (χ0n) is 13.7. The summed E-state index contributed by atoms with van der Waals surface area (Å²) in [6.45, 7) is 0. The van der Waals surface area contributed by atoms with E-state index >= 15 is 0 Å². The van der Waals surface area contributed by atoms with E-state index in [1.807, 2.05) is 5.32 Å². The van der Waals surface area contributed by atoms with Gasteiger partial charge in [0, 0.05) is 4.70 Å². The Labute approximate surface area is 156 Å². The molecule has 0 radical (unpaired) electrons. The first-order valence-corrected chi connectivity index (χ1v) is 8.73. The largest absolute Gasteiger partial charge is 0.477 e. The second-order valence-corrected chi connectivity index (χ2v) is 6.89. The molecule has 0 aliphatic carbocycles. The zero-order valence-corrected chi connectivity index (χ0v) is 14.6. The summed E-state index contributed by atoms with van der Waals surface area (Å²) < 4.78 is 41.7. The van der Waals surface area contributed by atoms with Gasteiger partial charge in [-0.2, -0.15) is 0 Å². The summed E-state index contributed by atoms with van der Waals surface area (Å²) in [5, 5.41) is 11.7. The molecule has 2 aromatic carbocycles. The Balaban J connectivity index is 1.81. The number of alkyl halides is 3. The average molecular weight is 393 g/mol. The van der Waals surface area contributed by atoms with Crippen LogP contribution in [0.25, 0.3) is 10.1 Å². The number of hydrogen-bond donors (Lipinski definition) is 2. The Morgan fingerprint density at radius 1 is 0.963 bits per heavy atom. The number of nitrogens with one attached hydrogen (secondary N) is 1. The van der Waals surface area contributed by atoms with E-state index in [1.54, 1.807) is 18.2 Å². The van der Waals surface area contributed by atoms with Gasteiger partial charge in [-0.05, 0) is 28.6 Å². The van der Waals surface area contributed by atoms with Crippen LogP contribution in [0.4, 0.5) is 13.2 Å². The molecule has 140 valence electrons. The van der Waals surface area contributed by atoms with E-state index in [2.05, 4.69) is 0 Å². The predicted octanol–water partition coefficient (Wildman–Crippen LogP) is 4.73. The lowest BCUT2D eigenvalue weighted by molar-refractivity contribution is -0.128. The number of benzene rings is 2. The minimum Gasteiger partial charge on any atom is -0.477 e. The zero-order chi connectivity index (χ0) is 19.6. The molecule has 1 aromatic heterocycles. The van der Waals surface area contributed by atoms with Gasteiger partial charge in [0.1, 0.15) is 10.9 Å². The first-order valence-electron chi connectivity index (χ1n) is 7.91. The third-order valence-corrected chi connectivity index (χ3v) is 5.07. The number of carboxylic acid groups (broad SMARTS) is 1. The molecule has 0 saturated heterocycles. The monoisotopic (exact) mass is 393 g/mol. The molecule has 8 heteroatoms.